The normalized spacial score (nSPS) is 15.2. The van der Waals surface area contributed by atoms with Gasteiger partial charge in [-0.25, -0.2) is 4.99 Å². The number of nitrogens with zero attached hydrogens (tertiary/aromatic N) is 3. The van der Waals surface area contributed by atoms with Gasteiger partial charge in [-0.05, 0) is 48.9 Å². The van der Waals surface area contributed by atoms with Crippen molar-refractivity contribution >= 4 is 17.4 Å². The first kappa shape index (κ1) is 21.8. The summed E-state index contributed by atoms with van der Waals surface area (Å²) >= 11 is 0. The minimum absolute atomic E-state index is 0.0159. The number of hydrogen-bond donors (Lipinski definition) is 0. The van der Waals surface area contributed by atoms with E-state index in [9.17, 15) is 4.79 Å². The van der Waals surface area contributed by atoms with E-state index in [4.69, 9.17) is 19.2 Å². The highest BCUT2D eigenvalue weighted by molar-refractivity contribution is 6.04. The summed E-state index contributed by atoms with van der Waals surface area (Å²) in [4.78, 5) is 22.4. The number of carbonyl (C=O) groups excluding carboxylic acids is 1. The molecule has 2 aliphatic rings. The van der Waals surface area contributed by atoms with Crippen molar-refractivity contribution < 1.29 is 19.0 Å². The number of benzene rings is 3. The Hall–Kier alpha value is -4.00. The zero-order valence-electron chi connectivity index (χ0n) is 19.4. The van der Waals surface area contributed by atoms with Crippen LogP contribution in [0.25, 0.3) is 0 Å². The van der Waals surface area contributed by atoms with E-state index < -0.39 is 0 Å². The Morgan fingerprint density at radius 1 is 0.882 bits per heavy atom. The molecule has 3 aromatic carbocycles. The number of fused-ring (bicyclic) bond motifs is 2. The molecule has 0 saturated carbocycles. The first-order valence-electron chi connectivity index (χ1n) is 11.4. The lowest BCUT2D eigenvalue weighted by atomic mass is 10.1. The van der Waals surface area contributed by atoms with Crippen LogP contribution in [-0.4, -0.2) is 61.9 Å². The van der Waals surface area contributed by atoms with Crippen molar-refractivity contribution in [3.8, 4) is 23.0 Å². The van der Waals surface area contributed by atoms with E-state index in [0.29, 0.717) is 36.7 Å². The van der Waals surface area contributed by atoms with Crippen LogP contribution in [0.3, 0.4) is 0 Å². The Kier molecular flexibility index (Phi) is 6.08. The molecule has 1 amide bonds. The van der Waals surface area contributed by atoms with Crippen LogP contribution in [-0.2, 0) is 0 Å². The summed E-state index contributed by atoms with van der Waals surface area (Å²) in [5.41, 5.74) is 2.24. The predicted molar refractivity (Wildman–Crippen MR) is 131 cm³/mol. The van der Waals surface area contributed by atoms with Gasteiger partial charge in [0.2, 0.25) is 0 Å². The fourth-order valence-electron chi connectivity index (χ4n) is 4.39. The molecular weight excluding hydrogens is 430 g/mol. The molecule has 0 aliphatic carbocycles. The van der Waals surface area contributed by atoms with Gasteiger partial charge in [0.1, 0.15) is 28.8 Å². The number of amidine groups is 1. The second-order valence-electron chi connectivity index (χ2n) is 8.20. The number of ether oxygens (including phenoxy) is 3. The van der Waals surface area contributed by atoms with Gasteiger partial charge >= 0.3 is 0 Å². The van der Waals surface area contributed by atoms with E-state index in [2.05, 4.69) is 4.90 Å². The van der Waals surface area contributed by atoms with Crippen molar-refractivity contribution in [1.82, 2.24) is 9.80 Å². The fraction of sp³-hybridized carbons (Fsp3) is 0.259. The van der Waals surface area contributed by atoms with Gasteiger partial charge in [-0.2, -0.15) is 0 Å². The van der Waals surface area contributed by atoms with Crippen LogP contribution in [0.15, 0.2) is 71.7 Å². The van der Waals surface area contributed by atoms with Gasteiger partial charge in [-0.15, -0.1) is 0 Å². The quantitative estimate of drug-likeness (QED) is 0.569. The molecule has 1 saturated heterocycles. The molecule has 0 radical (unpaired) electrons. The maximum Gasteiger partial charge on any atom is 0.257 e. The van der Waals surface area contributed by atoms with E-state index in [0.717, 1.165) is 41.6 Å². The van der Waals surface area contributed by atoms with Crippen LogP contribution < -0.4 is 14.2 Å². The third-order valence-corrected chi connectivity index (χ3v) is 6.16. The third-order valence-electron chi connectivity index (χ3n) is 6.16. The molecule has 0 bridgehead atoms. The number of methoxy groups -OCH3 is 2. The fourth-order valence-corrected chi connectivity index (χ4v) is 4.39. The van der Waals surface area contributed by atoms with Crippen LogP contribution in [0.2, 0.25) is 0 Å². The van der Waals surface area contributed by atoms with Crippen molar-refractivity contribution in [3.05, 3.63) is 77.9 Å². The Balaban J connectivity index is 1.45. The van der Waals surface area contributed by atoms with Crippen molar-refractivity contribution in [2.75, 3.05) is 40.4 Å². The summed E-state index contributed by atoms with van der Waals surface area (Å²) < 4.78 is 17.1. The number of amides is 1. The van der Waals surface area contributed by atoms with E-state index in [1.54, 1.807) is 14.2 Å². The maximum atomic E-state index is 13.3. The Labute approximate surface area is 199 Å². The highest BCUT2D eigenvalue weighted by atomic mass is 16.5. The molecule has 34 heavy (non-hydrogen) atoms. The molecular formula is C27H27N3O4. The zero-order valence-corrected chi connectivity index (χ0v) is 19.4. The van der Waals surface area contributed by atoms with E-state index in [1.807, 2.05) is 71.6 Å². The molecule has 2 heterocycles. The van der Waals surface area contributed by atoms with Crippen molar-refractivity contribution in [2.45, 2.75) is 6.42 Å². The lowest BCUT2D eigenvalue weighted by Crippen LogP contribution is -2.37. The van der Waals surface area contributed by atoms with E-state index in [-0.39, 0.29) is 5.91 Å². The summed E-state index contributed by atoms with van der Waals surface area (Å²) in [5.74, 6) is 3.59. The van der Waals surface area contributed by atoms with E-state index >= 15 is 0 Å². The molecule has 5 rings (SSSR count). The Bertz CT molecular complexity index is 1240. The molecule has 7 heteroatoms. The van der Waals surface area contributed by atoms with Crippen LogP contribution in [0, 0.1) is 0 Å². The first-order valence-corrected chi connectivity index (χ1v) is 11.4. The molecule has 0 N–H and O–H groups in total. The van der Waals surface area contributed by atoms with E-state index in [1.165, 1.54) is 0 Å². The Morgan fingerprint density at radius 3 is 2.56 bits per heavy atom. The monoisotopic (exact) mass is 457 g/mol. The molecule has 1 fully saturated rings. The molecule has 0 spiro atoms. The van der Waals surface area contributed by atoms with Crippen molar-refractivity contribution in [2.24, 2.45) is 4.99 Å². The number of para-hydroxylation sites is 3. The lowest BCUT2D eigenvalue weighted by molar-refractivity contribution is 0.0760. The third kappa shape index (κ3) is 4.17. The second-order valence-corrected chi connectivity index (χ2v) is 8.20. The average Bonchev–Trinajstić information content (AvgIpc) is 3.22. The molecule has 2 aliphatic heterocycles. The summed E-state index contributed by atoms with van der Waals surface area (Å²) in [5, 5.41) is 0. The van der Waals surface area contributed by atoms with Gasteiger partial charge in [-0.3, -0.25) is 4.79 Å². The van der Waals surface area contributed by atoms with Gasteiger partial charge in [0.15, 0.2) is 5.75 Å². The average molecular weight is 458 g/mol. The van der Waals surface area contributed by atoms with Gasteiger partial charge in [0.25, 0.3) is 5.91 Å². The molecule has 7 nitrogen and oxygen atoms in total. The predicted octanol–water partition coefficient (Wildman–Crippen LogP) is 4.74. The maximum absolute atomic E-state index is 13.3. The summed E-state index contributed by atoms with van der Waals surface area (Å²) in [6, 6.07) is 20.9. The van der Waals surface area contributed by atoms with Crippen molar-refractivity contribution in [3.63, 3.8) is 0 Å². The van der Waals surface area contributed by atoms with Gasteiger partial charge < -0.3 is 24.0 Å². The number of carbonyl (C=O) groups is 1. The van der Waals surface area contributed by atoms with Crippen LogP contribution in [0.1, 0.15) is 22.3 Å². The second kappa shape index (κ2) is 9.47. The van der Waals surface area contributed by atoms with Crippen molar-refractivity contribution in [1.29, 1.82) is 0 Å². The number of aliphatic imine (C=N–C) groups is 1. The summed E-state index contributed by atoms with van der Waals surface area (Å²) in [6.07, 6.45) is 0.821. The smallest absolute Gasteiger partial charge is 0.257 e. The molecule has 0 unspecified atom stereocenters. The standard InChI is InChI=1S/C27H27N3O4/c1-32-19-12-13-24-21(18-19)26(28-22-9-4-6-11-25(22)34-24)29-14-7-15-30(17-16-29)27(31)20-8-3-5-10-23(20)33-2/h3-6,8-13,18H,7,14-17H2,1-2H3. The molecule has 174 valence electrons. The minimum Gasteiger partial charge on any atom is -0.497 e. The number of rotatable bonds is 3. The zero-order chi connectivity index (χ0) is 23.5. The first-order chi connectivity index (χ1) is 16.7. The summed E-state index contributed by atoms with van der Waals surface area (Å²) in [7, 11) is 3.24. The molecule has 3 aromatic rings. The molecule has 0 aromatic heterocycles. The highest BCUT2D eigenvalue weighted by Gasteiger charge is 2.27. The van der Waals surface area contributed by atoms with Gasteiger partial charge in [0, 0.05) is 26.2 Å². The van der Waals surface area contributed by atoms with Crippen LogP contribution in [0.4, 0.5) is 5.69 Å². The van der Waals surface area contributed by atoms with Gasteiger partial charge in [-0.1, -0.05) is 24.3 Å². The van der Waals surface area contributed by atoms with Gasteiger partial charge in [0.05, 0.1) is 25.3 Å². The minimum atomic E-state index is -0.0159. The number of hydrogen-bond acceptors (Lipinski definition) is 6. The SMILES string of the molecule is COc1ccc2c(c1)C(N1CCCN(C(=O)c3ccccc3OC)CC1)=Nc1ccccc1O2. The molecule has 0 atom stereocenters. The van der Waals surface area contributed by atoms with Crippen LogP contribution >= 0.6 is 0 Å². The topological polar surface area (TPSA) is 63.6 Å². The van der Waals surface area contributed by atoms with Crippen LogP contribution in [0.5, 0.6) is 23.0 Å². The Morgan fingerprint density at radius 2 is 1.71 bits per heavy atom. The lowest BCUT2D eigenvalue weighted by Gasteiger charge is -2.25. The summed E-state index contributed by atoms with van der Waals surface area (Å²) in [6.45, 7) is 2.67. The largest absolute Gasteiger partial charge is 0.497 e. The highest BCUT2D eigenvalue weighted by Crippen LogP contribution is 2.39.